The van der Waals surface area contributed by atoms with Crippen molar-refractivity contribution in [2.75, 3.05) is 26.4 Å². The third kappa shape index (κ3) is 3.26. The molecule has 5 heteroatoms. The summed E-state index contributed by atoms with van der Waals surface area (Å²) in [4.78, 5) is 14.6. The molecule has 1 saturated heterocycles. The molecular weight excluding hydrogens is 292 g/mol. The Bertz CT molecular complexity index is 678. The number of ether oxygens (including phenoxy) is 1. The predicted molar refractivity (Wildman–Crippen MR) is 89.3 cm³/mol. The number of rotatable bonds is 5. The predicted octanol–water partition coefficient (Wildman–Crippen LogP) is 1.81. The molecule has 1 aliphatic rings. The molecule has 2 heterocycles. The van der Waals surface area contributed by atoms with E-state index in [9.17, 15) is 9.90 Å². The summed E-state index contributed by atoms with van der Waals surface area (Å²) >= 11 is 0. The van der Waals surface area contributed by atoms with E-state index in [2.05, 4.69) is 29.8 Å². The highest BCUT2D eigenvalue weighted by Gasteiger charge is 2.27. The third-order valence-corrected chi connectivity index (χ3v) is 4.56. The second-order valence-corrected chi connectivity index (χ2v) is 5.96. The molecule has 124 valence electrons. The minimum Gasteiger partial charge on any atom is -0.396 e. The first-order valence-electron chi connectivity index (χ1n) is 8.29. The first-order chi connectivity index (χ1) is 11.2. The lowest BCUT2D eigenvalue weighted by molar-refractivity contribution is -0.139. The largest absolute Gasteiger partial charge is 0.396 e. The Morgan fingerprint density at radius 2 is 2.22 bits per heavy atom. The van der Waals surface area contributed by atoms with Gasteiger partial charge in [-0.25, -0.2) is 0 Å². The van der Waals surface area contributed by atoms with Crippen LogP contribution < -0.4 is 0 Å². The fourth-order valence-electron chi connectivity index (χ4n) is 3.36. The molecule has 1 aromatic carbocycles. The van der Waals surface area contributed by atoms with Crippen LogP contribution in [0.15, 0.2) is 30.5 Å². The lowest BCUT2D eigenvalue weighted by Gasteiger charge is -2.35. The number of aryl methyl sites for hydroxylation is 1. The number of hydrogen-bond donors (Lipinski definition) is 1. The number of aliphatic hydroxyl groups excluding tert-OH is 1. The van der Waals surface area contributed by atoms with Gasteiger partial charge in [-0.1, -0.05) is 18.2 Å². The van der Waals surface area contributed by atoms with E-state index in [1.54, 1.807) is 0 Å². The van der Waals surface area contributed by atoms with Crippen LogP contribution in [0.2, 0.25) is 0 Å². The van der Waals surface area contributed by atoms with Crippen molar-refractivity contribution in [2.24, 2.45) is 0 Å². The Morgan fingerprint density at radius 1 is 1.39 bits per heavy atom. The van der Waals surface area contributed by atoms with Gasteiger partial charge in [-0.15, -0.1) is 0 Å². The third-order valence-electron chi connectivity index (χ3n) is 4.56. The Kier molecular flexibility index (Phi) is 4.98. The van der Waals surface area contributed by atoms with Crippen LogP contribution in [0, 0.1) is 0 Å². The van der Waals surface area contributed by atoms with Crippen LogP contribution in [0.1, 0.15) is 18.9 Å². The van der Waals surface area contributed by atoms with Gasteiger partial charge in [0.05, 0.1) is 25.7 Å². The minimum absolute atomic E-state index is 0.0132. The summed E-state index contributed by atoms with van der Waals surface area (Å²) < 4.78 is 7.63. The second-order valence-electron chi connectivity index (χ2n) is 5.96. The zero-order valence-electron chi connectivity index (χ0n) is 13.6. The number of carbonyl (C=O) groups excluding carboxylic acids is 1. The zero-order valence-corrected chi connectivity index (χ0v) is 13.6. The summed E-state index contributed by atoms with van der Waals surface area (Å²) in [5.74, 6) is 0.116. The van der Waals surface area contributed by atoms with Crippen molar-refractivity contribution in [3.8, 4) is 0 Å². The molecule has 0 aliphatic carbocycles. The highest BCUT2D eigenvalue weighted by molar-refractivity contribution is 5.89. The molecule has 1 fully saturated rings. The fraction of sp³-hybridized carbons (Fsp3) is 0.500. The summed E-state index contributed by atoms with van der Waals surface area (Å²) in [5.41, 5.74) is 2.24. The molecule has 0 bridgehead atoms. The maximum Gasteiger partial charge on any atom is 0.227 e. The molecule has 3 rings (SSSR count). The van der Waals surface area contributed by atoms with E-state index < -0.39 is 0 Å². The molecule has 1 N–H and O–H groups in total. The normalized spacial score (nSPS) is 18.5. The number of fused-ring (bicyclic) bond motifs is 1. The Morgan fingerprint density at radius 3 is 3.00 bits per heavy atom. The molecular formula is C18H24N2O3. The van der Waals surface area contributed by atoms with Crippen LogP contribution in [-0.4, -0.2) is 52.9 Å². The van der Waals surface area contributed by atoms with Gasteiger partial charge >= 0.3 is 0 Å². The SMILES string of the molecule is CCn1cc(CC(=O)N2CCOCC2CCO)c2ccccc21. The van der Waals surface area contributed by atoms with Gasteiger partial charge in [0.2, 0.25) is 5.91 Å². The summed E-state index contributed by atoms with van der Waals surface area (Å²) in [6.07, 6.45) is 3.06. The Labute approximate surface area is 136 Å². The average Bonchev–Trinajstić information content (AvgIpc) is 2.94. The maximum atomic E-state index is 12.8. The molecule has 1 aliphatic heterocycles. The van der Waals surface area contributed by atoms with Gasteiger partial charge in [-0.05, 0) is 25.0 Å². The van der Waals surface area contributed by atoms with E-state index in [1.807, 2.05) is 17.0 Å². The minimum atomic E-state index is -0.0132. The number of hydrogen-bond acceptors (Lipinski definition) is 3. The molecule has 0 radical (unpaired) electrons. The van der Waals surface area contributed by atoms with Crippen molar-refractivity contribution < 1.29 is 14.6 Å². The Balaban J connectivity index is 1.82. The molecule has 5 nitrogen and oxygen atoms in total. The zero-order chi connectivity index (χ0) is 16.2. The van der Waals surface area contributed by atoms with E-state index in [-0.39, 0.29) is 18.6 Å². The van der Waals surface area contributed by atoms with Gasteiger partial charge in [-0.2, -0.15) is 0 Å². The Hall–Kier alpha value is -1.85. The van der Waals surface area contributed by atoms with Gasteiger partial charge < -0.3 is 19.3 Å². The highest BCUT2D eigenvalue weighted by Crippen LogP contribution is 2.23. The number of nitrogens with zero attached hydrogens (tertiary/aromatic N) is 2. The van der Waals surface area contributed by atoms with E-state index in [1.165, 1.54) is 5.52 Å². The smallest absolute Gasteiger partial charge is 0.227 e. The molecule has 1 unspecified atom stereocenters. The summed E-state index contributed by atoms with van der Waals surface area (Å²) in [7, 11) is 0. The summed E-state index contributed by atoms with van der Waals surface area (Å²) in [6.45, 7) is 4.77. The standard InChI is InChI=1S/C18H24N2O3/c1-2-19-12-14(16-5-3-4-6-17(16)19)11-18(22)20-8-10-23-13-15(20)7-9-21/h3-6,12,15,21H,2,7-11,13H2,1H3. The lowest BCUT2D eigenvalue weighted by atomic mass is 10.1. The van der Waals surface area contributed by atoms with Crippen LogP contribution in [0.3, 0.4) is 0 Å². The monoisotopic (exact) mass is 316 g/mol. The van der Waals surface area contributed by atoms with Crippen LogP contribution in [0.4, 0.5) is 0 Å². The molecule has 23 heavy (non-hydrogen) atoms. The number of amides is 1. The molecule has 1 atom stereocenters. The van der Waals surface area contributed by atoms with E-state index in [0.717, 1.165) is 17.5 Å². The number of aliphatic hydroxyl groups is 1. The van der Waals surface area contributed by atoms with Crippen molar-refractivity contribution >= 4 is 16.8 Å². The maximum absolute atomic E-state index is 12.8. The van der Waals surface area contributed by atoms with Gasteiger partial charge in [0.1, 0.15) is 0 Å². The molecule has 2 aromatic rings. The van der Waals surface area contributed by atoms with E-state index >= 15 is 0 Å². The van der Waals surface area contributed by atoms with Crippen molar-refractivity contribution in [3.05, 3.63) is 36.0 Å². The second kappa shape index (κ2) is 7.15. The molecule has 0 spiro atoms. The van der Waals surface area contributed by atoms with Gasteiger partial charge in [0.25, 0.3) is 0 Å². The topological polar surface area (TPSA) is 54.7 Å². The number of benzene rings is 1. The van der Waals surface area contributed by atoms with E-state index in [0.29, 0.717) is 32.6 Å². The van der Waals surface area contributed by atoms with Crippen molar-refractivity contribution in [3.63, 3.8) is 0 Å². The van der Waals surface area contributed by atoms with E-state index in [4.69, 9.17) is 4.74 Å². The number of carbonyl (C=O) groups is 1. The highest BCUT2D eigenvalue weighted by atomic mass is 16.5. The van der Waals surface area contributed by atoms with Gasteiger partial charge in [0.15, 0.2) is 0 Å². The first-order valence-corrected chi connectivity index (χ1v) is 8.29. The number of morpholine rings is 1. The summed E-state index contributed by atoms with van der Waals surface area (Å²) in [6, 6.07) is 8.20. The quantitative estimate of drug-likeness (QED) is 0.915. The lowest BCUT2D eigenvalue weighted by Crippen LogP contribution is -2.49. The molecule has 0 saturated carbocycles. The van der Waals surface area contributed by atoms with Crippen LogP contribution in [0.5, 0.6) is 0 Å². The number of para-hydroxylation sites is 1. The van der Waals surface area contributed by atoms with Crippen molar-refractivity contribution in [1.82, 2.24) is 9.47 Å². The average molecular weight is 316 g/mol. The van der Waals surface area contributed by atoms with Crippen LogP contribution in [-0.2, 0) is 22.5 Å². The molecule has 1 amide bonds. The summed E-state index contributed by atoms with van der Waals surface area (Å²) in [5, 5.41) is 10.3. The van der Waals surface area contributed by atoms with Gasteiger partial charge in [-0.3, -0.25) is 4.79 Å². The van der Waals surface area contributed by atoms with Crippen molar-refractivity contribution in [1.29, 1.82) is 0 Å². The van der Waals surface area contributed by atoms with Crippen LogP contribution >= 0.6 is 0 Å². The molecule has 1 aromatic heterocycles. The van der Waals surface area contributed by atoms with Crippen LogP contribution in [0.25, 0.3) is 10.9 Å². The van der Waals surface area contributed by atoms with Crippen molar-refractivity contribution in [2.45, 2.75) is 32.4 Å². The fourth-order valence-corrected chi connectivity index (χ4v) is 3.36. The first kappa shape index (κ1) is 16.0. The van der Waals surface area contributed by atoms with Gasteiger partial charge in [0, 0.05) is 36.8 Å². The number of aromatic nitrogens is 1.